The number of carbonyl (C=O) groups excluding carboxylic acids is 2. The van der Waals surface area contributed by atoms with Crippen molar-refractivity contribution in [3.8, 4) is 0 Å². The molecule has 0 saturated heterocycles. The summed E-state index contributed by atoms with van der Waals surface area (Å²) in [5.74, 6) is -1.78. The second-order valence-electron chi connectivity index (χ2n) is 9.75. The minimum atomic E-state index is -4.27. The van der Waals surface area contributed by atoms with Crippen LogP contribution in [0.2, 0.25) is 0 Å². The topological polar surface area (TPSA) is 90.0 Å². The molecule has 3 rings (SSSR count). The maximum atomic E-state index is 14.9. The molecule has 1 atom stereocenters. The van der Waals surface area contributed by atoms with E-state index in [2.05, 4.69) is 21.2 Å². The summed E-state index contributed by atoms with van der Waals surface area (Å²) in [6.07, 6.45) is 1.86. The quantitative estimate of drug-likeness (QED) is 0.256. The van der Waals surface area contributed by atoms with Gasteiger partial charge in [0.05, 0.1) is 5.69 Å². The lowest BCUT2D eigenvalue weighted by Crippen LogP contribution is -2.54. The third-order valence-corrected chi connectivity index (χ3v) is 8.84. The van der Waals surface area contributed by atoms with E-state index in [9.17, 15) is 22.4 Å². The van der Waals surface area contributed by atoms with Crippen LogP contribution in [0.15, 0.2) is 83.3 Å². The molecule has 0 aliphatic heterocycles. The molecule has 0 unspecified atom stereocenters. The van der Waals surface area contributed by atoms with Gasteiger partial charge in [-0.25, -0.2) is 8.70 Å². The Morgan fingerprint density at radius 1 is 0.927 bits per heavy atom. The Labute approximate surface area is 250 Å². The van der Waals surface area contributed by atoms with Crippen molar-refractivity contribution in [3.05, 3.63) is 100 Å². The molecule has 2 amide bonds. The van der Waals surface area contributed by atoms with Gasteiger partial charge in [-0.3, -0.25) is 9.59 Å². The highest BCUT2D eigenvalue weighted by molar-refractivity contribution is 9.10. The zero-order valence-electron chi connectivity index (χ0n) is 23.5. The van der Waals surface area contributed by atoms with Gasteiger partial charge in [0.1, 0.15) is 18.4 Å². The van der Waals surface area contributed by atoms with Crippen molar-refractivity contribution in [3.63, 3.8) is 0 Å². The predicted molar refractivity (Wildman–Crippen MR) is 163 cm³/mol. The molecule has 0 heterocycles. The van der Waals surface area contributed by atoms with Gasteiger partial charge in [0.25, 0.3) is 0 Å². The molecule has 0 saturated carbocycles. The summed E-state index contributed by atoms with van der Waals surface area (Å²) in [6.45, 7) is 1.79. The molecule has 0 fully saturated rings. The van der Waals surface area contributed by atoms with Crippen molar-refractivity contribution >= 4 is 43.6 Å². The summed E-state index contributed by atoms with van der Waals surface area (Å²) in [7, 11) is -1.65. The number of anilines is 1. The van der Waals surface area contributed by atoms with Crippen LogP contribution in [0, 0.1) is 5.82 Å². The molecule has 0 bridgehead atoms. The second-order valence-corrected chi connectivity index (χ2v) is 12.7. The van der Waals surface area contributed by atoms with Crippen molar-refractivity contribution in [2.45, 2.75) is 38.8 Å². The number of para-hydroxylation sites is 1. The van der Waals surface area contributed by atoms with Gasteiger partial charge in [0, 0.05) is 38.1 Å². The van der Waals surface area contributed by atoms with E-state index in [1.807, 2.05) is 61.5 Å². The average molecular weight is 648 g/mol. The number of benzene rings is 3. The van der Waals surface area contributed by atoms with Gasteiger partial charge in [-0.1, -0.05) is 83.9 Å². The van der Waals surface area contributed by atoms with E-state index < -0.39 is 34.5 Å². The third-order valence-electron chi connectivity index (χ3n) is 6.51. The predicted octanol–water partition coefficient (Wildman–Crippen LogP) is 4.76. The number of unbranched alkanes of at least 4 members (excludes halogenated alkanes) is 1. The van der Waals surface area contributed by atoms with E-state index in [0.717, 1.165) is 43.1 Å². The number of amides is 2. The number of carbonyl (C=O) groups is 2. The summed E-state index contributed by atoms with van der Waals surface area (Å²) < 4.78 is 44.1. The zero-order valence-corrected chi connectivity index (χ0v) is 25.9. The average Bonchev–Trinajstić information content (AvgIpc) is 2.95. The maximum absolute atomic E-state index is 14.9. The van der Waals surface area contributed by atoms with Gasteiger partial charge < -0.3 is 10.2 Å². The fourth-order valence-electron chi connectivity index (χ4n) is 4.20. The first-order valence-electron chi connectivity index (χ1n) is 13.3. The van der Waals surface area contributed by atoms with E-state index in [1.165, 1.54) is 37.2 Å². The van der Waals surface area contributed by atoms with E-state index in [1.54, 1.807) is 0 Å². The van der Waals surface area contributed by atoms with Crippen LogP contribution in [-0.4, -0.2) is 62.7 Å². The largest absolute Gasteiger partial charge is 0.354 e. The fraction of sp³-hybridized carbons (Fsp3) is 0.333. The molecule has 0 aliphatic rings. The smallest absolute Gasteiger partial charge is 0.304 e. The Morgan fingerprint density at radius 3 is 2.17 bits per heavy atom. The summed E-state index contributed by atoms with van der Waals surface area (Å²) in [5.41, 5.74) is 1.32. The molecule has 3 aromatic carbocycles. The summed E-state index contributed by atoms with van der Waals surface area (Å²) in [5, 5.41) is 2.94. The van der Waals surface area contributed by atoms with E-state index >= 15 is 0 Å². The van der Waals surface area contributed by atoms with Crippen molar-refractivity contribution in [2.24, 2.45) is 0 Å². The Hall–Kier alpha value is -3.28. The molecule has 0 spiro atoms. The van der Waals surface area contributed by atoms with Gasteiger partial charge >= 0.3 is 10.2 Å². The Morgan fingerprint density at radius 2 is 1.56 bits per heavy atom. The first-order chi connectivity index (χ1) is 19.5. The highest BCUT2D eigenvalue weighted by Crippen LogP contribution is 2.24. The lowest BCUT2D eigenvalue weighted by atomic mass is 10.0. The summed E-state index contributed by atoms with van der Waals surface area (Å²) >= 11 is 3.41. The molecule has 0 aromatic heterocycles. The summed E-state index contributed by atoms with van der Waals surface area (Å²) in [6, 6.07) is 21.1. The molecule has 1 N–H and O–H groups in total. The SMILES string of the molecule is CCCCNC(=O)[C@H](Cc1ccccc1)N(Cc1ccc(Br)cc1)C(=O)CN(c1ccccc1F)S(=O)(=O)N(C)C. The van der Waals surface area contributed by atoms with E-state index in [4.69, 9.17) is 0 Å². The number of hydrogen-bond donors (Lipinski definition) is 1. The van der Waals surface area contributed by atoms with Gasteiger partial charge in [0.15, 0.2) is 0 Å². The second kappa shape index (κ2) is 15.1. The number of nitrogens with zero attached hydrogens (tertiary/aromatic N) is 3. The van der Waals surface area contributed by atoms with Gasteiger partial charge in [0.2, 0.25) is 11.8 Å². The minimum Gasteiger partial charge on any atom is -0.354 e. The molecular formula is C30H36BrFN4O4S. The van der Waals surface area contributed by atoms with Crippen molar-refractivity contribution in [1.29, 1.82) is 0 Å². The standard InChI is InChI=1S/C30H36BrFN4O4S/c1-4-5-19-33-30(38)28(20-23-11-7-6-8-12-23)35(21-24-15-17-25(31)18-16-24)29(37)22-36(41(39,40)34(2)3)27-14-10-9-13-26(27)32/h6-18,28H,4-5,19-22H2,1-3H3,(H,33,38)/t28-/m0/s1. The van der Waals surface area contributed by atoms with Crippen molar-refractivity contribution < 1.29 is 22.4 Å². The lowest BCUT2D eigenvalue weighted by Gasteiger charge is -2.34. The lowest BCUT2D eigenvalue weighted by molar-refractivity contribution is -0.140. The Bertz CT molecular complexity index is 1410. The molecule has 0 aliphatic carbocycles. The molecular weight excluding hydrogens is 611 g/mol. The molecule has 11 heteroatoms. The van der Waals surface area contributed by atoms with E-state index in [-0.39, 0.29) is 24.6 Å². The first kappa shape index (κ1) is 32.2. The zero-order chi connectivity index (χ0) is 30.0. The summed E-state index contributed by atoms with van der Waals surface area (Å²) in [4.78, 5) is 29.1. The fourth-order valence-corrected chi connectivity index (χ4v) is 5.53. The monoisotopic (exact) mass is 646 g/mol. The van der Waals surface area contributed by atoms with Crippen molar-refractivity contribution in [1.82, 2.24) is 14.5 Å². The van der Waals surface area contributed by atoms with Crippen LogP contribution in [-0.2, 0) is 32.8 Å². The van der Waals surface area contributed by atoms with Crippen molar-refractivity contribution in [2.75, 3.05) is 31.5 Å². The Kier molecular flexibility index (Phi) is 11.9. The highest BCUT2D eigenvalue weighted by Gasteiger charge is 2.35. The molecule has 0 radical (unpaired) electrons. The highest BCUT2D eigenvalue weighted by atomic mass is 79.9. The van der Waals surface area contributed by atoms with Crippen LogP contribution in [0.4, 0.5) is 10.1 Å². The number of hydrogen-bond acceptors (Lipinski definition) is 4. The molecule has 3 aromatic rings. The van der Waals surface area contributed by atoms with Crippen LogP contribution >= 0.6 is 15.9 Å². The van der Waals surface area contributed by atoms with Gasteiger partial charge in [-0.2, -0.15) is 12.7 Å². The molecule has 41 heavy (non-hydrogen) atoms. The van der Waals surface area contributed by atoms with E-state index in [0.29, 0.717) is 6.54 Å². The Balaban J connectivity index is 2.08. The number of nitrogens with one attached hydrogen (secondary N) is 1. The number of halogens is 2. The third kappa shape index (κ3) is 8.85. The minimum absolute atomic E-state index is 0.0396. The first-order valence-corrected chi connectivity index (χ1v) is 15.5. The maximum Gasteiger partial charge on any atom is 0.304 e. The van der Waals surface area contributed by atoms with Gasteiger partial charge in [-0.15, -0.1) is 0 Å². The van der Waals surface area contributed by atoms with Crippen LogP contribution in [0.3, 0.4) is 0 Å². The van der Waals surface area contributed by atoms with Crippen LogP contribution < -0.4 is 9.62 Å². The normalized spacial score (nSPS) is 12.1. The van der Waals surface area contributed by atoms with Crippen LogP contribution in [0.1, 0.15) is 30.9 Å². The van der Waals surface area contributed by atoms with Crippen LogP contribution in [0.25, 0.3) is 0 Å². The van der Waals surface area contributed by atoms with Crippen LogP contribution in [0.5, 0.6) is 0 Å². The molecule has 8 nitrogen and oxygen atoms in total. The van der Waals surface area contributed by atoms with Gasteiger partial charge in [-0.05, 0) is 41.8 Å². The number of rotatable bonds is 14. The molecule has 220 valence electrons.